The first-order valence-electron chi connectivity index (χ1n) is 11.4. The number of piperazine rings is 1. The van der Waals surface area contributed by atoms with E-state index in [4.69, 9.17) is 0 Å². The summed E-state index contributed by atoms with van der Waals surface area (Å²) in [6, 6.07) is 20.2. The number of aromatic amines is 1. The van der Waals surface area contributed by atoms with Gasteiger partial charge in [0.1, 0.15) is 4.88 Å². The van der Waals surface area contributed by atoms with Gasteiger partial charge in [0.25, 0.3) is 11.5 Å². The van der Waals surface area contributed by atoms with Gasteiger partial charge >= 0.3 is 0 Å². The average molecular weight is 474 g/mol. The Morgan fingerprint density at radius 3 is 2.29 bits per heavy atom. The number of nitrogens with one attached hydrogen (secondary N) is 1. The first kappa shape index (κ1) is 22.2. The van der Waals surface area contributed by atoms with E-state index in [2.05, 4.69) is 27.1 Å². The number of hydrogen-bond acceptors (Lipinski definition) is 5. The second-order valence-electron chi connectivity index (χ2n) is 8.54. The fourth-order valence-corrected chi connectivity index (χ4v) is 5.35. The number of aryl methyl sites for hydroxylation is 2. The highest BCUT2D eigenvalue weighted by molar-refractivity contribution is 7.16. The van der Waals surface area contributed by atoms with Gasteiger partial charge in [-0.3, -0.25) is 14.7 Å². The smallest absolute Gasteiger partial charge is 0.277 e. The number of aromatic nitrogens is 3. The molecule has 1 aliphatic rings. The highest BCUT2D eigenvalue weighted by atomic mass is 32.1. The molecule has 0 bridgehead atoms. The van der Waals surface area contributed by atoms with E-state index in [1.807, 2.05) is 67.3 Å². The number of carbonyl (C=O) groups excluding carboxylic acids is 1. The molecule has 1 aliphatic heterocycles. The Morgan fingerprint density at radius 2 is 1.62 bits per heavy atom. The van der Waals surface area contributed by atoms with Gasteiger partial charge in [0.15, 0.2) is 0 Å². The van der Waals surface area contributed by atoms with Crippen LogP contribution in [-0.4, -0.2) is 51.8 Å². The minimum Gasteiger partial charge on any atom is -0.368 e. The molecule has 1 N–H and O–H groups in total. The zero-order valence-electron chi connectivity index (χ0n) is 19.3. The number of carbonyl (C=O) groups is 1. The van der Waals surface area contributed by atoms with E-state index in [1.165, 1.54) is 21.7 Å². The third kappa shape index (κ3) is 4.28. The Kier molecular flexibility index (Phi) is 6.06. The van der Waals surface area contributed by atoms with E-state index >= 15 is 0 Å². The first-order chi connectivity index (χ1) is 16.5. The molecular weight excluding hydrogens is 446 g/mol. The summed E-state index contributed by atoms with van der Waals surface area (Å²) in [5.74, 6) is -0.0187. The standard InChI is InChI=1S/C26H27N5O2S/c1-18-22(17-20-9-5-3-6-10-20)24(32)31(28-18)26-27-19(2)23(34-26)25(33)30-15-13-29(14-16-30)21-11-7-4-8-12-21/h3-12,28H,13-17H2,1-2H3. The predicted molar refractivity (Wildman–Crippen MR) is 135 cm³/mol. The Morgan fingerprint density at radius 1 is 0.971 bits per heavy atom. The van der Waals surface area contributed by atoms with Gasteiger partial charge in [0, 0.05) is 49.5 Å². The van der Waals surface area contributed by atoms with E-state index in [9.17, 15) is 9.59 Å². The molecule has 7 nitrogen and oxygen atoms in total. The summed E-state index contributed by atoms with van der Waals surface area (Å²) in [6.07, 6.45) is 0.552. The maximum atomic E-state index is 13.3. The molecule has 2 aromatic carbocycles. The molecule has 0 saturated carbocycles. The Bertz CT molecular complexity index is 1350. The van der Waals surface area contributed by atoms with Crippen molar-refractivity contribution in [2.24, 2.45) is 0 Å². The minimum absolute atomic E-state index is 0.0187. The van der Waals surface area contributed by atoms with Crippen molar-refractivity contribution in [3.8, 4) is 5.13 Å². The van der Waals surface area contributed by atoms with E-state index in [1.54, 1.807) is 0 Å². The van der Waals surface area contributed by atoms with E-state index in [0.29, 0.717) is 40.8 Å². The number of anilines is 1. The predicted octanol–water partition coefficient (Wildman–Crippen LogP) is 3.79. The molecule has 8 heteroatoms. The van der Waals surface area contributed by atoms with Crippen molar-refractivity contribution < 1.29 is 4.79 Å². The van der Waals surface area contributed by atoms with Gasteiger partial charge in [-0.1, -0.05) is 59.9 Å². The van der Waals surface area contributed by atoms with Gasteiger partial charge in [-0.2, -0.15) is 4.68 Å². The molecule has 5 rings (SSSR count). The topological polar surface area (TPSA) is 74.2 Å². The normalized spacial score (nSPS) is 13.9. The summed E-state index contributed by atoms with van der Waals surface area (Å²) in [7, 11) is 0. The summed E-state index contributed by atoms with van der Waals surface area (Å²) in [5.41, 5.74) is 4.31. The van der Waals surface area contributed by atoms with Crippen LogP contribution in [0.1, 0.15) is 32.2 Å². The molecule has 1 amide bonds. The van der Waals surface area contributed by atoms with Crippen molar-refractivity contribution >= 4 is 22.9 Å². The fourth-order valence-electron chi connectivity index (χ4n) is 4.35. The molecule has 0 atom stereocenters. The number of amides is 1. The molecule has 174 valence electrons. The van der Waals surface area contributed by atoms with Gasteiger partial charge in [0.05, 0.1) is 5.69 Å². The lowest BCUT2D eigenvalue weighted by atomic mass is 10.1. The molecule has 34 heavy (non-hydrogen) atoms. The lowest BCUT2D eigenvalue weighted by molar-refractivity contribution is 0.0750. The monoisotopic (exact) mass is 473 g/mol. The minimum atomic E-state index is -0.120. The fraction of sp³-hybridized carbons (Fsp3) is 0.269. The van der Waals surface area contributed by atoms with Crippen LogP contribution >= 0.6 is 11.3 Å². The quantitative estimate of drug-likeness (QED) is 0.479. The Labute approximate surface area is 202 Å². The molecule has 0 aliphatic carbocycles. The Balaban J connectivity index is 1.33. The average Bonchev–Trinajstić information content (AvgIpc) is 3.39. The highest BCUT2D eigenvalue weighted by Crippen LogP contribution is 2.24. The molecule has 0 spiro atoms. The first-order valence-corrected chi connectivity index (χ1v) is 12.2. The maximum Gasteiger partial charge on any atom is 0.277 e. The van der Waals surface area contributed by atoms with Crippen LogP contribution < -0.4 is 10.5 Å². The number of para-hydroxylation sites is 1. The summed E-state index contributed by atoms with van der Waals surface area (Å²) in [6.45, 7) is 6.62. The van der Waals surface area contributed by atoms with Gasteiger partial charge in [-0.15, -0.1) is 0 Å². The van der Waals surface area contributed by atoms with Crippen molar-refractivity contribution in [3.05, 3.63) is 98.4 Å². The Hall–Kier alpha value is -3.65. The van der Waals surface area contributed by atoms with Gasteiger partial charge < -0.3 is 9.80 Å². The molecule has 0 radical (unpaired) electrons. The zero-order valence-corrected chi connectivity index (χ0v) is 20.1. The van der Waals surface area contributed by atoms with Crippen molar-refractivity contribution in [1.82, 2.24) is 19.7 Å². The van der Waals surface area contributed by atoms with Gasteiger partial charge in [0.2, 0.25) is 5.13 Å². The summed E-state index contributed by atoms with van der Waals surface area (Å²) in [5, 5.41) is 3.65. The second kappa shape index (κ2) is 9.30. The van der Waals surface area contributed by atoms with Crippen LogP contribution in [0, 0.1) is 13.8 Å². The van der Waals surface area contributed by atoms with Gasteiger partial charge in [-0.25, -0.2) is 4.98 Å². The molecule has 0 unspecified atom stereocenters. The lowest BCUT2D eigenvalue weighted by Crippen LogP contribution is -2.48. The number of H-pyrrole nitrogens is 1. The molecule has 1 fully saturated rings. The van der Waals surface area contributed by atoms with E-state index in [-0.39, 0.29) is 11.5 Å². The largest absolute Gasteiger partial charge is 0.368 e. The van der Waals surface area contributed by atoms with Gasteiger partial charge in [-0.05, 0) is 31.5 Å². The third-order valence-electron chi connectivity index (χ3n) is 6.28. The van der Waals surface area contributed by atoms with E-state index in [0.717, 1.165) is 24.3 Å². The van der Waals surface area contributed by atoms with Crippen LogP contribution in [0.3, 0.4) is 0 Å². The van der Waals surface area contributed by atoms with Crippen molar-refractivity contribution in [3.63, 3.8) is 0 Å². The van der Waals surface area contributed by atoms with Crippen molar-refractivity contribution in [1.29, 1.82) is 0 Å². The zero-order chi connectivity index (χ0) is 23.7. The summed E-state index contributed by atoms with van der Waals surface area (Å²) < 4.78 is 1.47. The summed E-state index contributed by atoms with van der Waals surface area (Å²) in [4.78, 5) is 35.8. The molecule has 2 aromatic heterocycles. The number of benzene rings is 2. The van der Waals surface area contributed by atoms with Crippen molar-refractivity contribution in [2.75, 3.05) is 31.1 Å². The lowest BCUT2D eigenvalue weighted by Gasteiger charge is -2.36. The van der Waals surface area contributed by atoms with Crippen LogP contribution in [0.4, 0.5) is 5.69 Å². The van der Waals surface area contributed by atoms with Crippen LogP contribution in [0.2, 0.25) is 0 Å². The highest BCUT2D eigenvalue weighted by Gasteiger charge is 2.26. The molecule has 3 heterocycles. The SMILES string of the molecule is Cc1nc(-n2[nH]c(C)c(Cc3ccccc3)c2=O)sc1C(=O)N1CCN(c2ccccc2)CC1. The molecule has 1 saturated heterocycles. The third-order valence-corrected chi connectivity index (χ3v) is 7.41. The summed E-state index contributed by atoms with van der Waals surface area (Å²) >= 11 is 1.27. The van der Waals surface area contributed by atoms with Crippen LogP contribution in [0.5, 0.6) is 0 Å². The number of thiazole rings is 1. The molecular formula is C26H27N5O2S. The number of hydrogen-bond donors (Lipinski definition) is 1. The number of rotatable bonds is 5. The van der Waals surface area contributed by atoms with Crippen LogP contribution in [-0.2, 0) is 6.42 Å². The van der Waals surface area contributed by atoms with E-state index < -0.39 is 0 Å². The number of nitrogens with zero attached hydrogens (tertiary/aromatic N) is 4. The maximum absolute atomic E-state index is 13.3. The van der Waals surface area contributed by atoms with Crippen LogP contribution in [0.25, 0.3) is 5.13 Å². The molecule has 4 aromatic rings. The van der Waals surface area contributed by atoms with Crippen molar-refractivity contribution in [2.45, 2.75) is 20.3 Å². The van der Waals surface area contributed by atoms with Crippen LogP contribution in [0.15, 0.2) is 65.5 Å². The second-order valence-corrected chi connectivity index (χ2v) is 9.52.